The molecule has 1 aliphatic heterocycles. The Balaban J connectivity index is 1.80. The summed E-state index contributed by atoms with van der Waals surface area (Å²) in [5.74, 6) is 1.44. The summed E-state index contributed by atoms with van der Waals surface area (Å²) in [6.45, 7) is 4.22. The molecule has 124 valence electrons. The molecule has 2 unspecified atom stereocenters. The van der Waals surface area contributed by atoms with Crippen molar-refractivity contribution in [3.05, 3.63) is 0 Å². The summed E-state index contributed by atoms with van der Waals surface area (Å²) in [6.07, 6.45) is 7.58. The fourth-order valence-electron chi connectivity index (χ4n) is 2.71. The van der Waals surface area contributed by atoms with Crippen LogP contribution in [-0.4, -0.2) is 56.4 Å². The van der Waals surface area contributed by atoms with Crippen LogP contribution in [0.4, 0.5) is 0 Å². The highest BCUT2D eigenvalue weighted by Crippen LogP contribution is 2.22. The zero-order chi connectivity index (χ0) is 15.3. The summed E-state index contributed by atoms with van der Waals surface area (Å²) >= 11 is 1.75. The highest BCUT2D eigenvalue weighted by molar-refractivity contribution is 7.98. The van der Waals surface area contributed by atoms with Gasteiger partial charge in [-0.2, -0.15) is 29.2 Å². The number of nitrogens with zero attached hydrogens (tertiary/aromatic N) is 1. The molecule has 0 spiro atoms. The van der Waals surface area contributed by atoms with Crippen molar-refractivity contribution in [2.75, 3.05) is 31.6 Å². The van der Waals surface area contributed by atoms with Crippen molar-refractivity contribution in [3.63, 3.8) is 0 Å². The molecular weight excluding hydrogens is 306 g/mol. The largest absolute Gasteiger partial charge is 0.314 e. The Morgan fingerprint density at radius 3 is 2.76 bits per heavy atom. The fraction of sp³-hybridized carbons (Fsp3) is 1.00. The lowest BCUT2D eigenvalue weighted by Gasteiger charge is -2.33. The van der Waals surface area contributed by atoms with Gasteiger partial charge in [0.2, 0.25) is 0 Å². The number of nitrogens with one attached hydrogen (secondary N) is 2. The normalized spacial score (nSPS) is 25.9. The van der Waals surface area contributed by atoms with E-state index in [9.17, 15) is 8.42 Å². The molecule has 0 aromatic carbocycles. The van der Waals surface area contributed by atoms with Crippen molar-refractivity contribution in [1.82, 2.24) is 14.3 Å². The highest BCUT2D eigenvalue weighted by atomic mass is 32.2. The average Bonchev–Trinajstić information content (AvgIpc) is 3.27. The minimum atomic E-state index is -3.32. The van der Waals surface area contributed by atoms with Crippen LogP contribution in [-0.2, 0) is 10.2 Å². The number of thioether (sulfide) groups is 1. The van der Waals surface area contributed by atoms with E-state index in [4.69, 9.17) is 0 Å². The predicted molar refractivity (Wildman–Crippen MR) is 89.8 cm³/mol. The fourth-order valence-corrected chi connectivity index (χ4v) is 4.86. The maximum Gasteiger partial charge on any atom is 0.279 e. The van der Waals surface area contributed by atoms with E-state index in [1.165, 1.54) is 12.8 Å². The first-order valence-electron chi connectivity index (χ1n) is 8.01. The first kappa shape index (κ1) is 17.5. The van der Waals surface area contributed by atoms with Gasteiger partial charge >= 0.3 is 0 Å². The molecule has 0 aromatic heterocycles. The van der Waals surface area contributed by atoms with Gasteiger partial charge in [0.15, 0.2) is 0 Å². The van der Waals surface area contributed by atoms with E-state index in [0.29, 0.717) is 25.0 Å². The van der Waals surface area contributed by atoms with Gasteiger partial charge in [0.25, 0.3) is 10.2 Å². The van der Waals surface area contributed by atoms with Crippen LogP contribution in [0.15, 0.2) is 0 Å². The second-order valence-electron chi connectivity index (χ2n) is 6.35. The molecule has 2 rings (SSSR count). The first-order valence-corrected chi connectivity index (χ1v) is 10.8. The highest BCUT2D eigenvalue weighted by Gasteiger charge is 2.30. The maximum absolute atomic E-state index is 12.4. The topological polar surface area (TPSA) is 61.4 Å². The Morgan fingerprint density at radius 2 is 2.10 bits per heavy atom. The molecule has 1 saturated heterocycles. The molecule has 1 saturated carbocycles. The standard InChI is InChI=1S/C14H29N3O2S2/c1-12(7-9-20-2)16-21(18,19)17-8-3-4-13(11-17)10-15-14-5-6-14/h12-16H,3-11H2,1-2H3. The van der Waals surface area contributed by atoms with E-state index in [1.807, 2.05) is 13.2 Å². The molecule has 21 heavy (non-hydrogen) atoms. The van der Waals surface area contributed by atoms with Crippen molar-refractivity contribution < 1.29 is 8.42 Å². The Labute approximate surface area is 133 Å². The molecule has 1 heterocycles. The third kappa shape index (κ3) is 6.06. The summed E-state index contributed by atoms with van der Waals surface area (Å²) in [4.78, 5) is 0. The average molecular weight is 336 g/mol. The van der Waals surface area contributed by atoms with E-state index in [1.54, 1.807) is 16.1 Å². The van der Waals surface area contributed by atoms with Crippen LogP contribution in [0.3, 0.4) is 0 Å². The minimum absolute atomic E-state index is 0.00687. The number of rotatable bonds is 9. The smallest absolute Gasteiger partial charge is 0.279 e. The van der Waals surface area contributed by atoms with Crippen LogP contribution in [0.1, 0.15) is 39.0 Å². The van der Waals surface area contributed by atoms with Gasteiger partial charge in [-0.25, -0.2) is 0 Å². The van der Waals surface area contributed by atoms with E-state index < -0.39 is 10.2 Å². The summed E-state index contributed by atoms with van der Waals surface area (Å²) in [5, 5.41) is 3.52. The van der Waals surface area contributed by atoms with Crippen LogP contribution < -0.4 is 10.0 Å². The number of hydrogen-bond acceptors (Lipinski definition) is 4. The van der Waals surface area contributed by atoms with Gasteiger partial charge in [-0.15, -0.1) is 0 Å². The van der Waals surface area contributed by atoms with Gasteiger partial charge in [0.05, 0.1) is 0 Å². The zero-order valence-electron chi connectivity index (χ0n) is 13.2. The Hall–Kier alpha value is 0.180. The summed E-state index contributed by atoms with van der Waals surface area (Å²) in [7, 11) is -3.32. The molecule has 5 nitrogen and oxygen atoms in total. The molecule has 1 aliphatic carbocycles. The molecule has 2 N–H and O–H groups in total. The van der Waals surface area contributed by atoms with Gasteiger partial charge in [0.1, 0.15) is 0 Å². The van der Waals surface area contributed by atoms with E-state index >= 15 is 0 Å². The van der Waals surface area contributed by atoms with Gasteiger partial charge in [-0.1, -0.05) is 0 Å². The second-order valence-corrected chi connectivity index (χ2v) is 9.04. The van der Waals surface area contributed by atoms with Crippen molar-refractivity contribution in [2.24, 2.45) is 5.92 Å². The van der Waals surface area contributed by atoms with Gasteiger partial charge in [0, 0.05) is 25.2 Å². The van der Waals surface area contributed by atoms with Crippen LogP contribution in [0.5, 0.6) is 0 Å². The van der Waals surface area contributed by atoms with Crippen molar-refractivity contribution in [1.29, 1.82) is 0 Å². The SMILES string of the molecule is CSCCC(C)NS(=O)(=O)N1CCCC(CNC2CC2)C1. The molecule has 2 aliphatic rings. The lowest BCUT2D eigenvalue weighted by Crippen LogP contribution is -2.49. The van der Waals surface area contributed by atoms with Gasteiger partial charge < -0.3 is 5.32 Å². The zero-order valence-corrected chi connectivity index (χ0v) is 14.8. The Bertz CT molecular complexity index is 412. The number of piperidine rings is 1. The lowest BCUT2D eigenvalue weighted by molar-refractivity contribution is 0.256. The molecule has 0 amide bonds. The van der Waals surface area contributed by atoms with Crippen molar-refractivity contribution in [3.8, 4) is 0 Å². The molecular formula is C14H29N3O2S2. The quantitative estimate of drug-likeness (QED) is 0.669. The maximum atomic E-state index is 12.4. The monoisotopic (exact) mass is 335 g/mol. The predicted octanol–water partition coefficient (Wildman–Crippen LogP) is 1.43. The summed E-state index contributed by atoms with van der Waals surface area (Å²) in [5.41, 5.74) is 0. The van der Waals surface area contributed by atoms with Gasteiger partial charge in [-0.3, -0.25) is 0 Å². The second kappa shape index (κ2) is 8.15. The molecule has 0 aromatic rings. The van der Waals surface area contributed by atoms with E-state index in [0.717, 1.165) is 31.6 Å². The lowest BCUT2D eigenvalue weighted by atomic mass is 10.00. The number of hydrogen-bond donors (Lipinski definition) is 2. The van der Waals surface area contributed by atoms with Crippen LogP contribution in [0.25, 0.3) is 0 Å². The molecule has 2 fully saturated rings. The molecule has 0 bridgehead atoms. The van der Waals surface area contributed by atoms with E-state index in [2.05, 4.69) is 10.0 Å². The van der Waals surface area contributed by atoms with Crippen LogP contribution in [0, 0.1) is 5.92 Å². The molecule has 0 radical (unpaired) electrons. The van der Waals surface area contributed by atoms with Crippen LogP contribution in [0.2, 0.25) is 0 Å². The van der Waals surface area contributed by atoms with E-state index in [-0.39, 0.29) is 6.04 Å². The summed E-state index contributed by atoms with van der Waals surface area (Å²) < 4.78 is 29.4. The third-order valence-electron chi connectivity index (χ3n) is 4.20. The van der Waals surface area contributed by atoms with Gasteiger partial charge in [-0.05, 0) is 63.5 Å². The Kier molecular flexibility index (Phi) is 6.80. The van der Waals surface area contributed by atoms with Crippen molar-refractivity contribution in [2.45, 2.75) is 51.1 Å². The summed E-state index contributed by atoms with van der Waals surface area (Å²) in [6, 6.07) is 0.703. The Morgan fingerprint density at radius 1 is 1.33 bits per heavy atom. The molecule has 7 heteroatoms. The van der Waals surface area contributed by atoms with Crippen molar-refractivity contribution >= 4 is 22.0 Å². The minimum Gasteiger partial charge on any atom is -0.314 e. The molecule has 2 atom stereocenters. The third-order valence-corrected chi connectivity index (χ3v) is 6.55. The van der Waals surface area contributed by atoms with Crippen LogP contribution >= 0.6 is 11.8 Å². The first-order chi connectivity index (χ1) is 10.0.